The van der Waals surface area contributed by atoms with Gasteiger partial charge in [0.05, 0.1) is 20.3 Å². The van der Waals surface area contributed by atoms with Crippen LogP contribution in [0.3, 0.4) is 0 Å². The number of methoxy groups -OCH3 is 2. The summed E-state index contributed by atoms with van der Waals surface area (Å²) in [7, 11) is 4.83. The molecule has 8 heteroatoms. The van der Waals surface area contributed by atoms with Crippen LogP contribution < -0.4 is 9.64 Å². The van der Waals surface area contributed by atoms with Crippen molar-refractivity contribution in [2.45, 2.75) is 61.8 Å². The molecular weight excluding hydrogens is 611 g/mol. The van der Waals surface area contributed by atoms with Gasteiger partial charge in [0, 0.05) is 79.7 Å². The van der Waals surface area contributed by atoms with Crippen molar-refractivity contribution >= 4 is 11.7 Å². The van der Waals surface area contributed by atoms with Crippen molar-refractivity contribution in [1.82, 2.24) is 4.90 Å². The normalized spacial score (nSPS) is 40.5. The molecule has 0 bridgehead atoms. The van der Waals surface area contributed by atoms with Gasteiger partial charge in [-0.25, -0.2) is 4.79 Å². The van der Waals surface area contributed by atoms with Crippen LogP contribution in [0.5, 0.6) is 5.75 Å². The minimum Gasteiger partial charge on any atom is -0.497 e. The molecule has 3 aliphatic heterocycles. The van der Waals surface area contributed by atoms with Gasteiger partial charge in [-0.05, 0) is 50.4 Å². The van der Waals surface area contributed by atoms with E-state index >= 15 is 0 Å². The monoisotopic (exact) mass is 643 g/mol. The van der Waals surface area contributed by atoms with Crippen molar-refractivity contribution in [2.24, 2.45) is 5.41 Å². The first-order valence-corrected chi connectivity index (χ1v) is 11.0. The number of fused-ring (bicyclic) bond motifs is 1. The number of carbonyl (C=O) groups is 1. The number of hydrogen-bond donors (Lipinski definition) is 2. The first kappa shape index (κ1) is 23.8. The van der Waals surface area contributed by atoms with Crippen LogP contribution in [0.4, 0.5) is 5.69 Å². The summed E-state index contributed by atoms with van der Waals surface area (Å²) in [6.45, 7) is 3.95. The third-order valence-electron chi connectivity index (χ3n) is 8.81. The van der Waals surface area contributed by atoms with Crippen molar-refractivity contribution in [1.29, 1.82) is 0 Å². The molecule has 1 aromatic carbocycles. The summed E-state index contributed by atoms with van der Waals surface area (Å²) in [5.41, 5.74) is -0.966. The number of aliphatic hydroxyl groups excluding tert-OH is 1. The number of benzene rings is 1. The van der Waals surface area contributed by atoms with Crippen molar-refractivity contribution < 1.29 is 68.5 Å². The Bertz CT molecular complexity index is 899. The van der Waals surface area contributed by atoms with E-state index < -0.39 is 34.5 Å². The smallest absolute Gasteiger partial charge is 0.342 e. The topological polar surface area (TPSA) is 82.5 Å². The van der Waals surface area contributed by atoms with Crippen molar-refractivity contribution in [3.63, 3.8) is 0 Å². The predicted molar refractivity (Wildman–Crippen MR) is 112 cm³/mol. The van der Waals surface area contributed by atoms with Gasteiger partial charge >= 0.3 is 5.97 Å². The fourth-order valence-electron chi connectivity index (χ4n) is 7.82. The number of ether oxygens (including phenoxy) is 2. The summed E-state index contributed by atoms with van der Waals surface area (Å²) in [5, 5.41) is 23.8. The second-order valence-corrected chi connectivity index (χ2v) is 9.54. The summed E-state index contributed by atoms with van der Waals surface area (Å²) >= 11 is 0. The van der Waals surface area contributed by atoms with Gasteiger partial charge < -0.3 is 24.6 Å². The standard InChI is InChI=1S/C23H32N2O5.Ac/c1-5-21-9-6-11-25-12-10-22(17(21)25)15-8-7-14(29-3)13-16(15)24(2)18(22)23(28,19(21)26)20(27)30-4;/h7-8,13,17-19,26,28H,5-6,9-12H2,1-4H3;. The second-order valence-electron chi connectivity index (χ2n) is 9.54. The zero-order valence-corrected chi connectivity index (χ0v) is 23.5. The molecule has 1 aromatic rings. The number of anilines is 1. The van der Waals surface area contributed by atoms with Gasteiger partial charge in [-0.15, -0.1) is 0 Å². The number of piperidine rings is 1. The molecule has 1 saturated carbocycles. The second kappa shape index (κ2) is 7.84. The molecule has 4 aliphatic rings. The van der Waals surface area contributed by atoms with E-state index in [4.69, 9.17) is 9.47 Å². The minimum atomic E-state index is -2.02. The molecule has 6 unspecified atom stereocenters. The van der Waals surface area contributed by atoms with Gasteiger partial charge in [0.15, 0.2) is 0 Å². The number of carbonyl (C=O) groups excluding carboxylic acids is 1. The van der Waals surface area contributed by atoms with Crippen molar-refractivity contribution in [2.75, 3.05) is 39.3 Å². The van der Waals surface area contributed by atoms with Gasteiger partial charge in [-0.1, -0.05) is 13.0 Å². The molecule has 1 aliphatic carbocycles. The Kier molecular flexibility index (Phi) is 6.01. The van der Waals surface area contributed by atoms with E-state index in [9.17, 15) is 15.0 Å². The number of hydrogen-bond acceptors (Lipinski definition) is 7. The molecule has 2 saturated heterocycles. The van der Waals surface area contributed by atoms with E-state index in [1.165, 1.54) is 7.11 Å². The molecular formula is C23H32AcN2O5. The average molecular weight is 644 g/mol. The molecule has 5 rings (SSSR count). The molecule has 1 radical (unpaired) electrons. The zero-order valence-electron chi connectivity index (χ0n) is 18.8. The van der Waals surface area contributed by atoms with Crippen LogP contribution in [0.2, 0.25) is 0 Å². The Morgan fingerprint density at radius 2 is 1.97 bits per heavy atom. The van der Waals surface area contributed by atoms with Crippen LogP contribution in [0.1, 0.15) is 38.2 Å². The molecule has 31 heavy (non-hydrogen) atoms. The number of nitrogens with zero attached hydrogens (tertiary/aromatic N) is 2. The summed E-state index contributed by atoms with van der Waals surface area (Å²) in [6.07, 6.45) is 2.06. The van der Waals surface area contributed by atoms with E-state index in [0.717, 1.165) is 49.4 Å². The molecule has 6 atom stereocenters. The van der Waals surface area contributed by atoms with Crippen molar-refractivity contribution in [3.05, 3.63) is 23.8 Å². The van der Waals surface area contributed by atoms with E-state index in [0.29, 0.717) is 6.42 Å². The van der Waals surface area contributed by atoms with Gasteiger partial charge in [-0.3, -0.25) is 4.90 Å². The Morgan fingerprint density at radius 1 is 1.23 bits per heavy atom. The van der Waals surface area contributed by atoms with Crippen LogP contribution >= 0.6 is 0 Å². The molecule has 0 aromatic heterocycles. The summed E-state index contributed by atoms with van der Waals surface area (Å²) in [5.74, 6) is -0.0145. The number of likely N-dealkylation sites (N-methyl/N-ethyl adjacent to an activating group) is 1. The van der Waals surface area contributed by atoms with E-state index in [-0.39, 0.29) is 50.1 Å². The van der Waals surface area contributed by atoms with Crippen LogP contribution in [-0.4, -0.2) is 79.2 Å². The van der Waals surface area contributed by atoms with Gasteiger partial charge in [0.1, 0.15) is 11.9 Å². The zero-order chi connectivity index (χ0) is 21.5. The predicted octanol–water partition coefficient (Wildman–Crippen LogP) is 1.29. The molecule has 3 heterocycles. The third-order valence-corrected chi connectivity index (χ3v) is 8.81. The van der Waals surface area contributed by atoms with Crippen molar-refractivity contribution in [3.8, 4) is 5.75 Å². The number of aliphatic hydroxyl groups is 2. The first-order valence-electron chi connectivity index (χ1n) is 11.0. The number of rotatable bonds is 3. The van der Waals surface area contributed by atoms with E-state index in [1.54, 1.807) is 7.11 Å². The summed E-state index contributed by atoms with van der Waals surface area (Å²) < 4.78 is 10.6. The molecule has 1 spiro atoms. The van der Waals surface area contributed by atoms with E-state index in [2.05, 4.69) is 17.9 Å². The largest absolute Gasteiger partial charge is 0.497 e. The quantitative estimate of drug-likeness (QED) is 0.481. The average Bonchev–Trinajstić information content (AvgIpc) is 3.28. The van der Waals surface area contributed by atoms with Crippen LogP contribution in [0, 0.1) is 49.5 Å². The Hall–Kier alpha value is -0.388. The fourth-order valence-corrected chi connectivity index (χ4v) is 7.82. The molecule has 7 nitrogen and oxygen atoms in total. The van der Waals surface area contributed by atoms with Gasteiger partial charge in [0.25, 0.3) is 0 Å². The number of esters is 1. The minimum absolute atomic E-state index is 0. The third kappa shape index (κ3) is 2.63. The summed E-state index contributed by atoms with van der Waals surface area (Å²) in [6, 6.07) is 5.49. The van der Waals surface area contributed by atoms with E-state index in [1.807, 2.05) is 24.1 Å². The Morgan fingerprint density at radius 3 is 2.61 bits per heavy atom. The fraction of sp³-hybridized carbons (Fsp3) is 0.696. The van der Waals surface area contributed by atoms with Gasteiger partial charge in [0.2, 0.25) is 5.60 Å². The maximum Gasteiger partial charge on any atom is 0.342 e. The van der Waals surface area contributed by atoms with Crippen LogP contribution in [-0.2, 0) is 14.9 Å². The Balaban J connectivity index is 0.00000231. The van der Waals surface area contributed by atoms with Gasteiger partial charge in [-0.2, -0.15) is 0 Å². The van der Waals surface area contributed by atoms with Crippen LogP contribution in [0.15, 0.2) is 18.2 Å². The molecule has 2 N–H and O–H groups in total. The van der Waals surface area contributed by atoms with Crippen LogP contribution in [0.25, 0.3) is 0 Å². The molecule has 3 fully saturated rings. The first-order chi connectivity index (χ1) is 14.3. The molecule has 0 amide bonds. The molecule has 167 valence electrons. The summed E-state index contributed by atoms with van der Waals surface area (Å²) in [4.78, 5) is 17.6. The Labute approximate surface area is 219 Å². The maximum atomic E-state index is 13.2. The maximum absolute atomic E-state index is 13.2. The SMILES string of the molecule is CCC12CCCN3CCC4(c5ccc(OC)cc5N(C)C4C(O)(C(=O)OC)C1O)C32.[Ac].